The van der Waals surface area contributed by atoms with E-state index >= 15 is 0 Å². The summed E-state index contributed by atoms with van der Waals surface area (Å²) in [5.74, 6) is -1.92. The van der Waals surface area contributed by atoms with Crippen LogP contribution in [0.1, 0.15) is 10.4 Å². The van der Waals surface area contributed by atoms with Gasteiger partial charge >= 0.3 is 5.97 Å². The molecule has 0 bridgehead atoms. The molecular formula is C18H18BrN3O6S. The molecule has 0 radical (unpaired) electrons. The molecule has 0 aliphatic heterocycles. The molecule has 0 saturated heterocycles. The molecule has 2 rings (SSSR count). The lowest BCUT2D eigenvalue weighted by atomic mass is 10.2. The number of anilines is 2. The average Bonchev–Trinajstić information content (AvgIpc) is 2.65. The number of carbonyl (C=O) groups excluding carboxylic acids is 3. The predicted molar refractivity (Wildman–Crippen MR) is 111 cm³/mol. The molecule has 11 heteroatoms. The molecule has 3 N–H and O–H groups in total. The van der Waals surface area contributed by atoms with Gasteiger partial charge in [-0.2, -0.15) is 0 Å². The van der Waals surface area contributed by atoms with Crippen molar-refractivity contribution in [2.24, 2.45) is 0 Å². The van der Waals surface area contributed by atoms with Gasteiger partial charge in [0.25, 0.3) is 5.91 Å². The third-order valence-corrected chi connectivity index (χ3v) is 4.63. The monoisotopic (exact) mass is 483 g/mol. The van der Waals surface area contributed by atoms with Gasteiger partial charge in [-0.1, -0.05) is 18.2 Å². The second kappa shape index (κ2) is 10.0. The van der Waals surface area contributed by atoms with E-state index in [0.29, 0.717) is 10.2 Å². The number of carbonyl (C=O) groups is 3. The minimum atomic E-state index is -3.49. The number of benzene rings is 2. The zero-order valence-corrected chi connectivity index (χ0v) is 17.7. The Hall–Kier alpha value is -2.92. The molecule has 0 heterocycles. The van der Waals surface area contributed by atoms with Crippen LogP contribution >= 0.6 is 15.9 Å². The largest absolute Gasteiger partial charge is 0.452 e. The van der Waals surface area contributed by atoms with Gasteiger partial charge in [0.05, 0.1) is 24.1 Å². The van der Waals surface area contributed by atoms with Crippen LogP contribution in [0.25, 0.3) is 0 Å². The van der Waals surface area contributed by atoms with E-state index in [9.17, 15) is 22.8 Å². The van der Waals surface area contributed by atoms with E-state index in [2.05, 4.69) is 31.3 Å². The molecule has 2 aromatic carbocycles. The van der Waals surface area contributed by atoms with Gasteiger partial charge in [0, 0.05) is 10.2 Å². The summed E-state index contributed by atoms with van der Waals surface area (Å²) in [6.45, 7) is -0.892. The van der Waals surface area contributed by atoms with Gasteiger partial charge in [0.15, 0.2) is 6.61 Å². The molecule has 2 aromatic rings. The van der Waals surface area contributed by atoms with Crippen molar-refractivity contribution < 1.29 is 27.5 Å². The fourth-order valence-corrected chi connectivity index (χ4v) is 3.06. The summed E-state index contributed by atoms with van der Waals surface area (Å²) in [5, 5.41) is 4.95. The van der Waals surface area contributed by atoms with Gasteiger partial charge in [-0.15, -0.1) is 0 Å². The third kappa shape index (κ3) is 7.92. The number of amides is 2. The van der Waals surface area contributed by atoms with Crippen LogP contribution < -0.4 is 15.4 Å². The number of esters is 1. The number of hydrogen-bond donors (Lipinski definition) is 3. The van der Waals surface area contributed by atoms with E-state index in [-0.39, 0.29) is 17.8 Å². The van der Waals surface area contributed by atoms with Crippen molar-refractivity contribution >= 4 is 55.1 Å². The highest BCUT2D eigenvalue weighted by Crippen LogP contribution is 2.20. The fraction of sp³-hybridized carbons (Fsp3) is 0.167. The number of hydrogen-bond acceptors (Lipinski definition) is 6. The normalized spacial score (nSPS) is 10.7. The summed E-state index contributed by atoms with van der Waals surface area (Å²) < 4.78 is 30.3. The Kier molecular flexibility index (Phi) is 7.74. The van der Waals surface area contributed by atoms with Crippen LogP contribution in [-0.2, 0) is 24.3 Å². The quantitative estimate of drug-likeness (QED) is 0.490. The van der Waals surface area contributed by atoms with Crippen LogP contribution in [0.2, 0.25) is 0 Å². The van der Waals surface area contributed by atoms with Gasteiger partial charge in [-0.3, -0.25) is 14.3 Å². The first-order valence-electron chi connectivity index (χ1n) is 8.20. The molecule has 0 fully saturated rings. The molecule has 29 heavy (non-hydrogen) atoms. The van der Waals surface area contributed by atoms with E-state index in [1.54, 1.807) is 24.3 Å². The van der Waals surface area contributed by atoms with Crippen LogP contribution in [-0.4, -0.2) is 45.6 Å². The van der Waals surface area contributed by atoms with Gasteiger partial charge in [-0.05, 0) is 46.3 Å². The van der Waals surface area contributed by atoms with Crippen LogP contribution in [0, 0.1) is 0 Å². The summed E-state index contributed by atoms with van der Waals surface area (Å²) in [7, 11) is -3.49. The van der Waals surface area contributed by atoms with Crippen LogP contribution in [0.5, 0.6) is 0 Å². The molecule has 0 aliphatic carbocycles. The number of nitrogens with one attached hydrogen (secondary N) is 3. The molecule has 0 unspecified atom stereocenters. The molecule has 0 atom stereocenters. The zero-order chi connectivity index (χ0) is 21.4. The molecule has 2 amide bonds. The zero-order valence-electron chi connectivity index (χ0n) is 15.3. The lowest BCUT2D eigenvalue weighted by molar-refractivity contribution is -0.126. The maximum Gasteiger partial charge on any atom is 0.338 e. The predicted octanol–water partition coefficient (Wildman–Crippen LogP) is 1.73. The van der Waals surface area contributed by atoms with E-state index < -0.39 is 34.4 Å². The van der Waals surface area contributed by atoms with Crippen molar-refractivity contribution in [3.8, 4) is 0 Å². The Morgan fingerprint density at radius 1 is 1.03 bits per heavy atom. The molecule has 0 spiro atoms. The third-order valence-electron chi connectivity index (χ3n) is 3.33. The van der Waals surface area contributed by atoms with Crippen molar-refractivity contribution in [3.63, 3.8) is 0 Å². The standard InChI is InChI=1S/C18H18BrN3O6S/c1-29(26,27)22-13-6-4-5-12(9-13)18(25)28-11-17(24)20-10-16(23)21-15-8-3-2-7-14(15)19/h2-9,22H,10-11H2,1H3,(H,20,24)(H,21,23). The molecular weight excluding hydrogens is 466 g/mol. The van der Waals surface area contributed by atoms with E-state index in [4.69, 9.17) is 4.74 Å². The van der Waals surface area contributed by atoms with Crippen molar-refractivity contribution in [2.45, 2.75) is 0 Å². The second-order valence-corrected chi connectivity index (χ2v) is 8.44. The first-order valence-corrected chi connectivity index (χ1v) is 10.9. The number of para-hydroxylation sites is 1. The summed E-state index contributed by atoms with van der Waals surface area (Å²) in [6, 6.07) is 12.6. The average molecular weight is 484 g/mol. The Bertz CT molecular complexity index is 1030. The van der Waals surface area contributed by atoms with Gasteiger partial charge < -0.3 is 15.4 Å². The van der Waals surface area contributed by atoms with Gasteiger partial charge in [0.1, 0.15) is 0 Å². The SMILES string of the molecule is CS(=O)(=O)Nc1cccc(C(=O)OCC(=O)NCC(=O)Nc2ccccc2Br)c1. The lowest BCUT2D eigenvalue weighted by Crippen LogP contribution is -2.35. The Morgan fingerprint density at radius 2 is 1.76 bits per heavy atom. The van der Waals surface area contributed by atoms with Crippen LogP contribution in [0.15, 0.2) is 53.0 Å². The molecule has 9 nitrogen and oxygen atoms in total. The van der Waals surface area contributed by atoms with Crippen molar-refractivity contribution in [1.82, 2.24) is 5.32 Å². The molecule has 0 saturated carbocycles. The topological polar surface area (TPSA) is 131 Å². The maximum atomic E-state index is 12.0. The molecule has 0 aromatic heterocycles. The number of halogens is 1. The summed E-state index contributed by atoms with van der Waals surface area (Å²) >= 11 is 3.29. The minimum Gasteiger partial charge on any atom is -0.452 e. The number of rotatable bonds is 8. The smallest absolute Gasteiger partial charge is 0.338 e. The van der Waals surface area contributed by atoms with Gasteiger partial charge in [0.2, 0.25) is 15.9 Å². The van der Waals surface area contributed by atoms with E-state index in [1.807, 2.05) is 0 Å². The van der Waals surface area contributed by atoms with E-state index in [0.717, 1.165) is 6.26 Å². The van der Waals surface area contributed by atoms with E-state index in [1.165, 1.54) is 24.3 Å². The van der Waals surface area contributed by atoms with Crippen molar-refractivity contribution in [2.75, 3.05) is 29.4 Å². The summed E-state index contributed by atoms with van der Waals surface area (Å²) in [5.41, 5.74) is 0.814. The first-order chi connectivity index (χ1) is 13.6. The Morgan fingerprint density at radius 3 is 2.45 bits per heavy atom. The van der Waals surface area contributed by atoms with Crippen LogP contribution in [0.3, 0.4) is 0 Å². The highest BCUT2D eigenvalue weighted by atomic mass is 79.9. The second-order valence-electron chi connectivity index (χ2n) is 5.84. The van der Waals surface area contributed by atoms with Gasteiger partial charge in [-0.25, -0.2) is 13.2 Å². The first kappa shape index (κ1) is 22.4. The van der Waals surface area contributed by atoms with Crippen LogP contribution in [0.4, 0.5) is 11.4 Å². The number of sulfonamides is 1. The highest BCUT2D eigenvalue weighted by Gasteiger charge is 2.13. The molecule has 154 valence electrons. The minimum absolute atomic E-state index is 0.0677. The summed E-state index contributed by atoms with van der Waals surface area (Å²) in [4.78, 5) is 35.7. The highest BCUT2D eigenvalue weighted by molar-refractivity contribution is 9.10. The van der Waals surface area contributed by atoms with Crippen molar-refractivity contribution in [3.05, 3.63) is 58.6 Å². The number of ether oxygens (including phenoxy) is 1. The molecule has 0 aliphatic rings. The fourth-order valence-electron chi connectivity index (χ4n) is 2.13. The summed E-state index contributed by atoms with van der Waals surface area (Å²) in [6.07, 6.45) is 0.981. The van der Waals surface area contributed by atoms with Crippen molar-refractivity contribution in [1.29, 1.82) is 0 Å². The lowest BCUT2D eigenvalue weighted by Gasteiger charge is -2.09. The maximum absolute atomic E-state index is 12.0. The Labute approximate surface area is 176 Å². The Balaban J connectivity index is 1.80.